The average molecular weight is 429 g/mol. The van der Waals surface area contributed by atoms with E-state index in [-0.39, 0.29) is 18.2 Å². The van der Waals surface area contributed by atoms with Gasteiger partial charge in [-0.2, -0.15) is 5.26 Å². The van der Waals surface area contributed by atoms with Crippen LogP contribution in [0.1, 0.15) is 24.2 Å². The number of piperidine rings is 1. The standard InChI is InChI=1S/C21H24N6O2.ClH/c1-14-11-15(19-17-5-8-27(2)20(17)26-18(12-22)25-19)13-24-21(14)29-10-9-28-16-3-6-23-7-4-16;/h5,8,11,13,16,23H,3-4,6-7,9-10H2,1-2H3;1H. The number of pyridine rings is 1. The third-order valence-corrected chi connectivity index (χ3v) is 5.09. The Bertz CT molecular complexity index is 1060. The van der Waals surface area contributed by atoms with Gasteiger partial charge in [0.05, 0.1) is 18.4 Å². The molecule has 158 valence electrons. The van der Waals surface area contributed by atoms with Gasteiger partial charge in [-0.3, -0.25) is 0 Å². The molecule has 1 N–H and O–H groups in total. The van der Waals surface area contributed by atoms with Crippen molar-refractivity contribution in [3.05, 3.63) is 35.9 Å². The van der Waals surface area contributed by atoms with Gasteiger partial charge in [-0.25, -0.2) is 15.0 Å². The lowest BCUT2D eigenvalue weighted by Crippen LogP contribution is -2.33. The largest absolute Gasteiger partial charge is 0.475 e. The van der Waals surface area contributed by atoms with E-state index in [0.29, 0.717) is 30.9 Å². The van der Waals surface area contributed by atoms with Crippen LogP contribution in [0.5, 0.6) is 5.88 Å². The maximum Gasteiger partial charge on any atom is 0.234 e. The number of aryl methyl sites for hydroxylation is 2. The minimum atomic E-state index is 0. The molecular weight excluding hydrogens is 404 g/mol. The van der Waals surface area contributed by atoms with E-state index in [1.165, 1.54) is 0 Å². The van der Waals surface area contributed by atoms with Crippen LogP contribution in [0.25, 0.3) is 22.3 Å². The minimum absolute atomic E-state index is 0. The summed E-state index contributed by atoms with van der Waals surface area (Å²) in [7, 11) is 1.90. The van der Waals surface area contributed by atoms with Crippen LogP contribution in [-0.2, 0) is 11.8 Å². The molecule has 8 nitrogen and oxygen atoms in total. The number of rotatable bonds is 6. The van der Waals surface area contributed by atoms with Crippen molar-refractivity contribution in [1.82, 2.24) is 24.8 Å². The van der Waals surface area contributed by atoms with Crippen LogP contribution in [-0.4, -0.2) is 51.9 Å². The highest BCUT2D eigenvalue weighted by Gasteiger charge is 2.15. The topological polar surface area (TPSA) is 97.9 Å². The number of halogens is 1. The molecule has 1 aliphatic heterocycles. The molecular formula is C21H25ClN6O2. The lowest BCUT2D eigenvalue weighted by atomic mass is 10.1. The predicted octanol–water partition coefficient (Wildman–Crippen LogP) is 2.78. The second-order valence-corrected chi connectivity index (χ2v) is 7.19. The average Bonchev–Trinajstić information content (AvgIpc) is 3.13. The van der Waals surface area contributed by atoms with Crippen molar-refractivity contribution in [3.63, 3.8) is 0 Å². The molecule has 3 aromatic heterocycles. The summed E-state index contributed by atoms with van der Waals surface area (Å²) >= 11 is 0. The summed E-state index contributed by atoms with van der Waals surface area (Å²) in [6.07, 6.45) is 6.04. The van der Waals surface area contributed by atoms with E-state index in [2.05, 4.69) is 20.3 Å². The zero-order valence-electron chi connectivity index (χ0n) is 17.1. The van der Waals surface area contributed by atoms with Gasteiger partial charge in [0.25, 0.3) is 0 Å². The number of ether oxygens (including phenoxy) is 2. The number of hydrogen-bond donors (Lipinski definition) is 1. The summed E-state index contributed by atoms with van der Waals surface area (Å²) in [5.41, 5.74) is 3.16. The van der Waals surface area contributed by atoms with Gasteiger partial charge in [-0.15, -0.1) is 12.4 Å². The molecule has 0 unspecified atom stereocenters. The lowest BCUT2D eigenvalue weighted by molar-refractivity contribution is 0.0161. The monoisotopic (exact) mass is 428 g/mol. The minimum Gasteiger partial charge on any atom is -0.475 e. The van der Waals surface area contributed by atoms with Crippen molar-refractivity contribution in [2.45, 2.75) is 25.9 Å². The fourth-order valence-electron chi connectivity index (χ4n) is 3.56. The van der Waals surface area contributed by atoms with Gasteiger partial charge in [0.1, 0.15) is 18.3 Å². The first-order valence-electron chi connectivity index (χ1n) is 9.81. The molecule has 9 heteroatoms. The van der Waals surface area contributed by atoms with Crippen LogP contribution in [0.15, 0.2) is 24.5 Å². The van der Waals surface area contributed by atoms with Gasteiger partial charge in [0.15, 0.2) is 0 Å². The van der Waals surface area contributed by atoms with Crippen LogP contribution in [0.3, 0.4) is 0 Å². The van der Waals surface area contributed by atoms with Crippen molar-refractivity contribution in [1.29, 1.82) is 5.26 Å². The first kappa shape index (κ1) is 22.0. The number of nitrogens with one attached hydrogen (secondary N) is 1. The molecule has 1 aliphatic rings. The molecule has 0 radical (unpaired) electrons. The molecule has 0 spiro atoms. The van der Waals surface area contributed by atoms with Gasteiger partial charge >= 0.3 is 0 Å². The summed E-state index contributed by atoms with van der Waals surface area (Å²) in [5, 5.41) is 13.5. The number of nitriles is 1. The molecule has 30 heavy (non-hydrogen) atoms. The highest BCUT2D eigenvalue weighted by atomic mass is 35.5. The van der Waals surface area contributed by atoms with Gasteiger partial charge in [-0.05, 0) is 45.0 Å². The maximum atomic E-state index is 9.27. The molecule has 0 aromatic carbocycles. The first-order chi connectivity index (χ1) is 14.2. The Kier molecular flexibility index (Phi) is 7.21. The normalized spacial score (nSPS) is 14.3. The van der Waals surface area contributed by atoms with Crippen LogP contribution < -0.4 is 10.1 Å². The zero-order valence-corrected chi connectivity index (χ0v) is 17.9. The van der Waals surface area contributed by atoms with E-state index in [1.807, 2.05) is 42.9 Å². The highest BCUT2D eigenvalue weighted by molar-refractivity contribution is 5.91. The van der Waals surface area contributed by atoms with E-state index < -0.39 is 0 Å². The number of hydrogen-bond acceptors (Lipinski definition) is 7. The lowest BCUT2D eigenvalue weighted by Gasteiger charge is -2.22. The van der Waals surface area contributed by atoms with E-state index >= 15 is 0 Å². The fraction of sp³-hybridized carbons (Fsp3) is 0.429. The number of nitrogens with zero attached hydrogens (tertiary/aromatic N) is 5. The Morgan fingerprint density at radius 2 is 2.07 bits per heavy atom. The number of aromatic nitrogens is 4. The SMILES string of the molecule is Cc1cc(-c2nc(C#N)nc3c2ccn3C)cnc1OCCOC1CCNCC1.Cl. The highest BCUT2D eigenvalue weighted by Crippen LogP contribution is 2.28. The molecule has 1 saturated heterocycles. The van der Waals surface area contributed by atoms with Crippen LogP contribution in [0, 0.1) is 18.3 Å². The van der Waals surface area contributed by atoms with Crippen LogP contribution in [0.4, 0.5) is 0 Å². The first-order valence-corrected chi connectivity index (χ1v) is 9.81. The van der Waals surface area contributed by atoms with Gasteiger partial charge < -0.3 is 19.4 Å². The van der Waals surface area contributed by atoms with E-state index in [4.69, 9.17) is 9.47 Å². The van der Waals surface area contributed by atoms with Gasteiger partial charge in [-0.1, -0.05) is 0 Å². The molecule has 0 aliphatic carbocycles. The van der Waals surface area contributed by atoms with Crippen LogP contribution in [0.2, 0.25) is 0 Å². The summed E-state index contributed by atoms with van der Waals surface area (Å²) in [5.74, 6) is 0.726. The quantitative estimate of drug-likeness (QED) is 0.603. The smallest absolute Gasteiger partial charge is 0.234 e. The molecule has 4 heterocycles. The van der Waals surface area contributed by atoms with E-state index in [1.54, 1.807) is 6.20 Å². The summed E-state index contributed by atoms with van der Waals surface area (Å²) < 4.78 is 13.6. The molecule has 0 saturated carbocycles. The summed E-state index contributed by atoms with van der Waals surface area (Å²) in [4.78, 5) is 13.2. The Balaban J connectivity index is 0.00000256. The third-order valence-electron chi connectivity index (χ3n) is 5.09. The molecule has 1 fully saturated rings. The maximum absolute atomic E-state index is 9.27. The molecule has 0 atom stereocenters. The number of fused-ring (bicyclic) bond motifs is 1. The van der Waals surface area contributed by atoms with Crippen molar-refractivity contribution in [3.8, 4) is 23.2 Å². The third kappa shape index (κ3) is 4.70. The Labute approximate surface area is 181 Å². The van der Waals surface area contributed by atoms with Gasteiger partial charge in [0, 0.05) is 36.0 Å². The predicted molar refractivity (Wildman–Crippen MR) is 116 cm³/mol. The van der Waals surface area contributed by atoms with Crippen molar-refractivity contribution >= 4 is 23.4 Å². The van der Waals surface area contributed by atoms with Crippen molar-refractivity contribution < 1.29 is 9.47 Å². The van der Waals surface area contributed by atoms with Crippen LogP contribution >= 0.6 is 12.4 Å². The molecule has 4 rings (SSSR count). The zero-order chi connectivity index (χ0) is 20.2. The fourth-order valence-corrected chi connectivity index (χ4v) is 3.56. The molecule has 0 bridgehead atoms. The second-order valence-electron chi connectivity index (χ2n) is 7.19. The Hall–Kier alpha value is -2.73. The molecule has 0 amide bonds. The second kappa shape index (κ2) is 9.85. The van der Waals surface area contributed by atoms with Crippen molar-refractivity contribution in [2.75, 3.05) is 26.3 Å². The van der Waals surface area contributed by atoms with E-state index in [9.17, 15) is 5.26 Å². The molecule has 3 aromatic rings. The summed E-state index contributed by atoms with van der Waals surface area (Å²) in [6.45, 7) is 4.99. The van der Waals surface area contributed by atoms with E-state index in [0.717, 1.165) is 48.1 Å². The van der Waals surface area contributed by atoms with Gasteiger partial charge in [0.2, 0.25) is 11.7 Å². The summed E-state index contributed by atoms with van der Waals surface area (Å²) in [6, 6.07) is 5.96. The Morgan fingerprint density at radius 1 is 1.27 bits per heavy atom. The van der Waals surface area contributed by atoms with Crippen molar-refractivity contribution in [2.24, 2.45) is 7.05 Å². The Morgan fingerprint density at radius 3 is 2.80 bits per heavy atom.